The van der Waals surface area contributed by atoms with Crippen LogP contribution in [0, 0.1) is 5.92 Å². The highest BCUT2D eigenvalue weighted by Gasteiger charge is 2.36. The van der Waals surface area contributed by atoms with Gasteiger partial charge in [-0.3, -0.25) is 9.59 Å². The number of amides is 4. The molecule has 33 heavy (non-hydrogen) atoms. The summed E-state index contributed by atoms with van der Waals surface area (Å²) in [5.41, 5.74) is 0.649. The van der Waals surface area contributed by atoms with Gasteiger partial charge in [0.1, 0.15) is 6.04 Å². The number of rotatable bonds is 5. The topological polar surface area (TPSA) is 81.8 Å². The molecule has 1 aromatic carbocycles. The average Bonchev–Trinajstić information content (AvgIpc) is 3.38. The Morgan fingerprint density at radius 1 is 0.970 bits per heavy atom. The molecule has 0 saturated carbocycles. The molecule has 0 unspecified atom stereocenters. The zero-order valence-corrected chi connectivity index (χ0v) is 20.0. The van der Waals surface area contributed by atoms with Gasteiger partial charge in [-0.1, -0.05) is 23.7 Å². The van der Waals surface area contributed by atoms with Gasteiger partial charge in [-0.2, -0.15) is 0 Å². The molecule has 7 nitrogen and oxygen atoms in total. The van der Waals surface area contributed by atoms with Crippen molar-refractivity contribution in [1.82, 2.24) is 15.1 Å². The summed E-state index contributed by atoms with van der Waals surface area (Å²) in [4.78, 5) is 43.1. The Morgan fingerprint density at radius 2 is 1.73 bits per heavy atom. The summed E-state index contributed by atoms with van der Waals surface area (Å²) in [6, 6.07) is 9.89. The SMILES string of the molecule is O=C(N[C@@H](C(=O)N1CCCCC1)C1CCN(C(=O)Nc2cccc(Cl)c2)CC1)c1cccs1. The van der Waals surface area contributed by atoms with Crippen LogP contribution in [0.5, 0.6) is 0 Å². The Balaban J connectivity index is 1.40. The van der Waals surface area contributed by atoms with Crippen LogP contribution in [0.2, 0.25) is 5.02 Å². The van der Waals surface area contributed by atoms with E-state index in [-0.39, 0.29) is 23.8 Å². The van der Waals surface area contributed by atoms with Gasteiger partial charge in [-0.25, -0.2) is 4.79 Å². The maximum absolute atomic E-state index is 13.4. The van der Waals surface area contributed by atoms with Gasteiger partial charge in [0.05, 0.1) is 4.88 Å². The van der Waals surface area contributed by atoms with Crippen molar-refractivity contribution in [3.05, 3.63) is 51.7 Å². The van der Waals surface area contributed by atoms with Gasteiger partial charge in [0.2, 0.25) is 5.91 Å². The summed E-state index contributed by atoms with van der Waals surface area (Å²) in [7, 11) is 0. The number of urea groups is 1. The van der Waals surface area contributed by atoms with Crippen molar-refractivity contribution in [2.45, 2.75) is 38.1 Å². The van der Waals surface area contributed by atoms with E-state index in [1.165, 1.54) is 11.3 Å². The van der Waals surface area contributed by atoms with Crippen LogP contribution in [0.3, 0.4) is 0 Å². The number of halogens is 1. The van der Waals surface area contributed by atoms with Crippen molar-refractivity contribution < 1.29 is 14.4 Å². The highest BCUT2D eigenvalue weighted by molar-refractivity contribution is 7.12. The molecule has 0 aliphatic carbocycles. The lowest BCUT2D eigenvalue weighted by molar-refractivity contribution is -0.136. The lowest BCUT2D eigenvalue weighted by Crippen LogP contribution is -2.55. The van der Waals surface area contributed by atoms with Crippen molar-refractivity contribution in [2.24, 2.45) is 5.92 Å². The van der Waals surface area contributed by atoms with Gasteiger partial charge in [-0.05, 0) is 67.7 Å². The third kappa shape index (κ3) is 6.06. The quantitative estimate of drug-likeness (QED) is 0.652. The predicted octanol–water partition coefficient (Wildman–Crippen LogP) is 4.46. The summed E-state index contributed by atoms with van der Waals surface area (Å²) >= 11 is 7.37. The molecule has 0 spiro atoms. The van der Waals surface area contributed by atoms with Gasteiger partial charge in [0.25, 0.3) is 5.91 Å². The summed E-state index contributed by atoms with van der Waals surface area (Å²) in [6.45, 7) is 2.53. The van der Waals surface area contributed by atoms with E-state index in [9.17, 15) is 14.4 Å². The molecule has 176 valence electrons. The molecule has 2 aromatic rings. The lowest BCUT2D eigenvalue weighted by Gasteiger charge is -2.38. The van der Waals surface area contributed by atoms with E-state index < -0.39 is 6.04 Å². The summed E-state index contributed by atoms with van der Waals surface area (Å²) in [5.74, 6) is -0.221. The number of thiophene rings is 1. The number of hydrogen-bond donors (Lipinski definition) is 2. The highest BCUT2D eigenvalue weighted by atomic mass is 35.5. The first-order valence-electron chi connectivity index (χ1n) is 11.5. The molecule has 0 radical (unpaired) electrons. The first kappa shape index (κ1) is 23.6. The minimum atomic E-state index is -0.573. The highest BCUT2D eigenvalue weighted by Crippen LogP contribution is 2.25. The average molecular weight is 489 g/mol. The number of hydrogen-bond acceptors (Lipinski definition) is 4. The Bertz CT molecular complexity index is 970. The van der Waals surface area contributed by atoms with E-state index in [0.29, 0.717) is 41.5 Å². The lowest BCUT2D eigenvalue weighted by atomic mass is 9.88. The molecule has 2 aliphatic heterocycles. The van der Waals surface area contributed by atoms with E-state index in [4.69, 9.17) is 11.6 Å². The van der Waals surface area contributed by atoms with Crippen LogP contribution >= 0.6 is 22.9 Å². The van der Waals surface area contributed by atoms with Gasteiger partial charge >= 0.3 is 6.03 Å². The number of carbonyl (C=O) groups is 3. The van der Waals surface area contributed by atoms with Crippen molar-refractivity contribution >= 4 is 46.5 Å². The van der Waals surface area contributed by atoms with Crippen LogP contribution in [0.25, 0.3) is 0 Å². The molecule has 0 bridgehead atoms. The number of nitrogens with zero attached hydrogens (tertiary/aromatic N) is 2. The van der Waals surface area contributed by atoms with Crippen molar-refractivity contribution in [3.63, 3.8) is 0 Å². The monoisotopic (exact) mass is 488 g/mol. The van der Waals surface area contributed by atoms with Crippen LogP contribution in [0.15, 0.2) is 41.8 Å². The van der Waals surface area contributed by atoms with E-state index in [1.807, 2.05) is 16.3 Å². The molecule has 3 heterocycles. The van der Waals surface area contributed by atoms with Gasteiger partial charge in [0, 0.05) is 36.9 Å². The second kappa shape index (κ2) is 11.0. The summed E-state index contributed by atoms with van der Waals surface area (Å²) < 4.78 is 0. The molecule has 1 aromatic heterocycles. The molecule has 2 fully saturated rings. The van der Waals surface area contributed by atoms with Crippen molar-refractivity contribution in [3.8, 4) is 0 Å². The number of likely N-dealkylation sites (tertiary alicyclic amines) is 2. The van der Waals surface area contributed by atoms with Crippen LogP contribution in [0.4, 0.5) is 10.5 Å². The fourth-order valence-electron chi connectivity index (χ4n) is 4.52. The van der Waals surface area contributed by atoms with Crippen molar-refractivity contribution in [1.29, 1.82) is 0 Å². The maximum Gasteiger partial charge on any atom is 0.321 e. The van der Waals surface area contributed by atoms with E-state index >= 15 is 0 Å². The summed E-state index contributed by atoms with van der Waals surface area (Å²) in [6.07, 6.45) is 4.44. The second-order valence-electron chi connectivity index (χ2n) is 8.58. The third-order valence-corrected chi connectivity index (χ3v) is 7.44. The van der Waals surface area contributed by atoms with Crippen LogP contribution in [-0.4, -0.2) is 59.9 Å². The van der Waals surface area contributed by atoms with Crippen LogP contribution in [-0.2, 0) is 4.79 Å². The van der Waals surface area contributed by atoms with Gasteiger partial charge < -0.3 is 20.4 Å². The first-order valence-corrected chi connectivity index (χ1v) is 12.7. The molecular formula is C24H29ClN4O3S. The smallest absolute Gasteiger partial charge is 0.321 e. The number of carbonyl (C=O) groups excluding carboxylic acids is 3. The molecule has 1 atom stereocenters. The fraction of sp³-hybridized carbons (Fsp3) is 0.458. The molecule has 4 amide bonds. The molecular weight excluding hydrogens is 460 g/mol. The normalized spacial score (nSPS) is 18.0. The largest absolute Gasteiger partial charge is 0.341 e. The first-order chi connectivity index (χ1) is 16.0. The van der Waals surface area contributed by atoms with E-state index in [0.717, 1.165) is 32.4 Å². The van der Waals surface area contributed by atoms with Crippen molar-refractivity contribution in [2.75, 3.05) is 31.5 Å². The van der Waals surface area contributed by atoms with Gasteiger partial charge in [0.15, 0.2) is 0 Å². The number of piperidine rings is 2. The molecule has 2 aliphatic rings. The Labute approximate surface area is 203 Å². The third-order valence-electron chi connectivity index (χ3n) is 6.34. The zero-order chi connectivity index (χ0) is 23.2. The Kier molecular flexibility index (Phi) is 7.88. The maximum atomic E-state index is 13.4. The van der Waals surface area contributed by atoms with E-state index in [2.05, 4.69) is 10.6 Å². The number of anilines is 1. The summed E-state index contributed by atoms with van der Waals surface area (Å²) in [5, 5.41) is 8.32. The minimum absolute atomic E-state index is 0.00133. The molecule has 2 N–H and O–H groups in total. The predicted molar refractivity (Wildman–Crippen MR) is 131 cm³/mol. The number of nitrogens with one attached hydrogen (secondary N) is 2. The standard InChI is InChI=1S/C24H29ClN4O3S/c25-18-6-4-7-19(16-18)26-24(32)29-13-9-17(10-14-29)21(23(31)28-11-2-1-3-12-28)27-22(30)20-8-5-15-33-20/h4-8,15-17,21H,1-3,9-14H2,(H,26,32)(H,27,30)/t21-/m1/s1. The zero-order valence-electron chi connectivity index (χ0n) is 18.5. The molecule has 9 heteroatoms. The second-order valence-corrected chi connectivity index (χ2v) is 9.96. The van der Waals surface area contributed by atoms with Crippen LogP contribution < -0.4 is 10.6 Å². The Morgan fingerprint density at radius 3 is 2.39 bits per heavy atom. The molecule has 4 rings (SSSR count). The van der Waals surface area contributed by atoms with Crippen LogP contribution in [0.1, 0.15) is 41.8 Å². The molecule has 2 saturated heterocycles. The number of benzene rings is 1. The van der Waals surface area contributed by atoms with E-state index in [1.54, 1.807) is 35.2 Å². The minimum Gasteiger partial charge on any atom is -0.341 e. The van der Waals surface area contributed by atoms with Gasteiger partial charge in [-0.15, -0.1) is 11.3 Å². The Hall–Kier alpha value is -2.58. The fourth-order valence-corrected chi connectivity index (χ4v) is 5.33.